The van der Waals surface area contributed by atoms with Gasteiger partial charge < -0.3 is 4.42 Å². The third-order valence-corrected chi connectivity index (χ3v) is 3.64. The Morgan fingerprint density at radius 1 is 1.20 bits per heavy atom. The van der Waals surface area contributed by atoms with Crippen LogP contribution >= 0.6 is 15.9 Å². The lowest BCUT2D eigenvalue weighted by atomic mass is 10.0. The summed E-state index contributed by atoms with van der Waals surface area (Å²) in [7, 11) is 0. The number of rotatable bonds is 3. The maximum atomic E-state index is 13.8. The predicted molar refractivity (Wildman–Crippen MR) is 78.3 cm³/mol. The quantitative estimate of drug-likeness (QED) is 0.647. The lowest BCUT2D eigenvalue weighted by molar-refractivity contribution is 0.0992. The number of furan rings is 1. The van der Waals surface area contributed by atoms with E-state index >= 15 is 0 Å². The summed E-state index contributed by atoms with van der Waals surface area (Å²) in [5, 5.41) is 0.759. The summed E-state index contributed by atoms with van der Waals surface area (Å²) in [6.07, 6.45) is 1.45. The number of carbonyl (C=O) groups is 1. The second kappa shape index (κ2) is 5.21. The minimum absolute atomic E-state index is 0.0165. The number of benzene rings is 2. The molecule has 0 aliphatic heterocycles. The van der Waals surface area contributed by atoms with Gasteiger partial charge in [-0.05, 0) is 23.8 Å². The van der Waals surface area contributed by atoms with Crippen LogP contribution in [0.1, 0.15) is 15.9 Å². The molecular weight excluding hydrogens is 323 g/mol. The standard InChI is InChI=1S/C16H10BrFO2/c17-11-6-5-10(14(18)8-11)7-15(19)13-9-20-16-4-2-1-3-12(13)16/h1-6,8-9H,7H2. The molecule has 1 heterocycles. The molecule has 20 heavy (non-hydrogen) atoms. The average Bonchev–Trinajstić information content (AvgIpc) is 2.86. The van der Waals surface area contributed by atoms with E-state index in [9.17, 15) is 9.18 Å². The minimum atomic E-state index is -0.388. The van der Waals surface area contributed by atoms with E-state index in [1.54, 1.807) is 18.2 Å². The number of hydrogen-bond acceptors (Lipinski definition) is 2. The number of para-hydroxylation sites is 1. The first-order valence-electron chi connectivity index (χ1n) is 6.08. The normalized spacial score (nSPS) is 10.9. The van der Waals surface area contributed by atoms with Crippen LogP contribution in [0.2, 0.25) is 0 Å². The van der Waals surface area contributed by atoms with Crippen LogP contribution in [0.15, 0.2) is 57.6 Å². The van der Waals surface area contributed by atoms with Crippen LogP contribution in [-0.4, -0.2) is 5.78 Å². The molecule has 0 fully saturated rings. The van der Waals surface area contributed by atoms with Crippen LogP contribution in [-0.2, 0) is 6.42 Å². The summed E-state index contributed by atoms with van der Waals surface area (Å²) in [6, 6.07) is 12.0. The molecular formula is C16H10BrFO2. The van der Waals surface area contributed by atoms with E-state index in [1.165, 1.54) is 12.3 Å². The highest BCUT2D eigenvalue weighted by molar-refractivity contribution is 9.10. The summed E-state index contributed by atoms with van der Waals surface area (Å²) in [4.78, 5) is 12.3. The van der Waals surface area contributed by atoms with E-state index in [2.05, 4.69) is 15.9 Å². The fraction of sp³-hybridized carbons (Fsp3) is 0.0625. The van der Waals surface area contributed by atoms with Gasteiger partial charge in [0.25, 0.3) is 0 Å². The monoisotopic (exact) mass is 332 g/mol. The van der Waals surface area contributed by atoms with Gasteiger partial charge in [0.15, 0.2) is 5.78 Å². The van der Waals surface area contributed by atoms with E-state index in [4.69, 9.17) is 4.42 Å². The van der Waals surface area contributed by atoms with E-state index in [0.29, 0.717) is 21.2 Å². The summed E-state index contributed by atoms with van der Waals surface area (Å²) in [6.45, 7) is 0. The van der Waals surface area contributed by atoms with Crippen LogP contribution in [0.25, 0.3) is 11.0 Å². The number of Topliss-reactive ketones (excluding diaryl/α,β-unsaturated/α-hetero) is 1. The van der Waals surface area contributed by atoms with Crippen molar-refractivity contribution in [3.05, 3.63) is 70.1 Å². The van der Waals surface area contributed by atoms with Crippen LogP contribution in [0.5, 0.6) is 0 Å². The molecule has 0 saturated heterocycles. The highest BCUT2D eigenvalue weighted by Crippen LogP contribution is 2.23. The van der Waals surface area contributed by atoms with Crippen molar-refractivity contribution in [3.8, 4) is 0 Å². The molecule has 0 radical (unpaired) electrons. The Labute approximate surface area is 123 Å². The third kappa shape index (κ3) is 2.39. The lowest BCUT2D eigenvalue weighted by Crippen LogP contribution is -2.04. The topological polar surface area (TPSA) is 30.2 Å². The first-order chi connectivity index (χ1) is 9.65. The van der Waals surface area contributed by atoms with Gasteiger partial charge in [0.05, 0.1) is 5.56 Å². The Morgan fingerprint density at radius 3 is 2.80 bits per heavy atom. The smallest absolute Gasteiger partial charge is 0.171 e. The molecule has 3 rings (SSSR count). The van der Waals surface area contributed by atoms with E-state index in [0.717, 1.165) is 5.39 Å². The Kier molecular flexibility index (Phi) is 3.40. The van der Waals surface area contributed by atoms with Crippen molar-refractivity contribution in [1.29, 1.82) is 0 Å². The van der Waals surface area contributed by atoms with Gasteiger partial charge in [0.2, 0.25) is 0 Å². The van der Waals surface area contributed by atoms with Crippen molar-refractivity contribution in [2.45, 2.75) is 6.42 Å². The first-order valence-corrected chi connectivity index (χ1v) is 6.88. The Balaban J connectivity index is 1.93. The maximum absolute atomic E-state index is 13.8. The predicted octanol–water partition coefficient (Wildman–Crippen LogP) is 4.76. The van der Waals surface area contributed by atoms with Crippen LogP contribution in [0.3, 0.4) is 0 Å². The SMILES string of the molecule is O=C(Cc1ccc(Br)cc1F)c1coc2ccccc12. The molecule has 2 nitrogen and oxygen atoms in total. The zero-order valence-corrected chi connectivity index (χ0v) is 12.0. The molecule has 0 N–H and O–H groups in total. The van der Waals surface area contributed by atoms with Gasteiger partial charge in [0.1, 0.15) is 17.7 Å². The minimum Gasteiger partial charge on any atom is -0.464 e. The number of hydrogen-bond donors (Lipinski definition) is 0. The van der Waals surface area contributed by atoms with Gasteiger partial charge in [-0.3, -0.25) is 4.79 Å². The Hall–Kier alpha value is -1.94. The highest BCUT2D eigenvalue weighted by atomic mass is 79.9. The maximum Gasteiger partial charge on any atom is 0.171 e. The number of halogens is 2. The zero-order valence-electron chi connectivity index (χ0n) is 10.4. The fourth-order valence-electron chi connectivity index (χ4n) is 2.13. The first kappa shape index (κ1) is 13.1. The molecule has 0 spiro atoms. The van der Waals surface area contributed by atoms with Gasteiger partial charge in [-0.2, -0.15) is 0 Å². The average molecular weight is 333 g/mol. The largest absolute Gasteiger partial charge is 0.464 e. The molecule has 4 heteroatoms. The molecule has 0 aliphatic rings. The van der Waals surface area contributed by atoms with Crippen molar-refractivity contribution in [2.75, 3.05) is 0 Å². The summed E-state index contributed by atoms with van der Waals surface area (Å²) < 4.78 is 19.7. The van der Waals surface area contributed by atoms with Gasteiger partial charge in [-0.1, -0.05) is 40.2 Å². The summed E-state index contributed by atoms with van der Waals surface area (Å²) >= 11 is 3.19. The zero-order chi connectivity index (χ0) is 14.1. The molecule has 3 aromatic rings. The molecule has 0 atom stereocenters. The van der Waals surface area contributed by atoms with Crippen LogP contribution < -0.4 is 0 Å². The molecule has 2 aromatic carbocycles. The molecule has 0 aliphatic carbocycles. The van der Waals surface area contributed by atoms with E-state index in [-0.39, 0.29) is 18.0 Å². The van der Waals surface area contributed by atoms with Crippen molar-refractivity contribution in [2.24, 2.45) is 0 Å². The summed E-state index contributed by atoms with van der Waals surface area (Å²) in [5.74, 6) is -0.545. The molecule has 0 amide bonds. The van der Waals surface area contributed by atoms with Crippen molar-refractivity contribution < 1.29 is 13.6 Å². The number of ketones is 1. The fourth-order valence-corrected chi connectivity index (χ4v) is 2.46. The Morgan fingerprint density at radius 2 is 2.00 bits per heavy atom. The number of carbonyl (C=O) groups excluding carboxylic acids is 1. The van der Waals surface area contributed by atoms with Crippen molar-refractivity contribution in [1.82, 2.24) is 0 Å². The Bertz CT molecular complexity index is 792. The third-order valence-electron chi connectivity index (χ3n) is 3.15. The highest BCUT2D eigenvalue weighted by Gasteiger charge is 2.15. The molecule has 0 bridgehead atoms. The lowest BCUT2D eigenvalue weighted by Gasteiger charge is -2.02. The molecule has 100 valence electrons. The molecule has 0 unspecified atom stereocenters. The second-order valence-corrected chi connectivity index (χ2v) is 5.40. The van der Waals surface area contributed by atoms with Gasteiger partial charge in [-0.25, -0.2) is 4.39 Å². The van der Waals surface area contributed by atoms with E-state index in [1.807, 2.05) is 18.2 Å². The second-order valence-electron chi connectivity index (χ2n) is 4.48. The van der Waals surface area contributed by atoms with Crippen LogP contribution in [0, 0.1) is 5.82 Å². The van der Waals surface area contributed by atoms with Crippen LogP contribution in [0.4, 0.5) is 4.39 Å². The van der Waals surface area contributed by atoms with Gasteiger partial charge >= 0.3 is 0 Å². The van der Waals surface area contributed by atoms with Crippen molar-refractivity contribution in [3.63, 3.8) is 0 Å². The van der Waals surface area contributed by atoms with E-state index < -0.39 is 0 Å². The number of fused-ring (bicyclic) bond motifs is 1. The molecule has 0 saturated carbocycles. The van der Waals surface area contributed by atoms with Crippen molar-refractivity contribution >= 4 is 32.7 Å². The summed E-state index contributed by atoms with van der Waals surface area (Å²) in [5.41, 5.74) is 1.53. The van der Waals surface area contributed by atoms with Gasteiger partial charge in [0, 0.05) is 16.3 Å². The van der Waals surface area contributed by atoms with Gasteiger partial charge in [-0.15, -0.1) is 0 Å². The molecule has 1 aromatic heterocycles.